The first kappa shape index (κ1) is 20.8. The van der Waals surface area contributed by atoms with Gasteiger partial charge in [-0.15, -0.1) is 0 Å². The van der Waals surface area contributed by atoms with Crippen LogP contribution < -0.4 is 14.2 Å². The quantitative estimate of drug-likeness (QED) is 0.622. The Morgan fingerprint density at radius 3 is 2.60 bits per heavy atom. The van der Waals surface area contributed by atoms with E-state index in [1.165, 1.54) is 5.56 Å². The highest BCUT2D eigenvalue weighted by atomic mass is 79.9. The zero-order valence-corrected chi connectivity index (χ0v) is 18.6. The van der Waals surface area contributed by atoms with Crippen LogP contribution in [0.5, 0.6) is 17.2 Å². The lowest BCUT2D eigenvalue weighted by Crippen LogP contribution is -2.47. The molecule has 2 aliphatic rings. The van der Waals surface area contributed by atoms with Crippen molar-refractivity contribution in [2.24, 2.45) is 0 Å². The summed E-state index contributed by atoms with van der Waals surface area (Å²) in [5.74, 6) is 2.40. The summed E-state index contributed by atoms with van der Waals surface area (Å²) >= 11 is 3.46. The largest absolute Gasteiger partial charge is 0.496 e. The number of carbonyl (C=O) groups excluding carboxylic acids is 1. The predicted molar refractivity (Wildman–Crippen MR) is 119 cm³/mol. The molecule has 158 valence electrons. The Bertz CT molecular complexity index is 939. The summed E-state index contributed by atoms with van der Waals surface area (Å²) in [4.78, 5) is 16.9. The highest BCUT2D eigenvalue weighted by molar-refractivity contribution is 9.10. The number of ether oxygens (including phenoxy) is 3. The second kappa shape index (κ2) is 9.53. The van der Waals surface area contributed by atoms with Crippen molar-refractivity contribution >= 4 is 27.9 Å². The van der Waals surface area contributed by atoms with Crippen LogP contribution >= 0.6 is 15.9 Å². The molecule has 0 aliphatic carbocycles. The van der Waals surface area contributed by atoms with Gasteiger partial charge in [0.25, 0.3) is 0 Å². The molecule has 0 unspecified atom stereocenters. The maximum Gasteiger partial charge on any atom is 0.246 e. The van der Waals surface area contributed by atoms with Crippen molar-refractivity contribution in [1.29, 1.82) is 0 Å². The second-order valence-corrected chi connectivity index (χ2v) is 8.21. The smallest absolute Gasteiger partial charge is 0.246 e. The molecule has 4 rings (SSSR count). The Morgan fingerprint density at radius 1 is 1.07 bits per heavy atom. The lowest BCUT2D eigenvalue weighted by atomic mass is 10.1. The molecule has 1 saturated heterocycles. The molecule has 2 heterocycles. The van der Waals surface area contributed by atoms with Crippen LogP contribution in [0.3, 0.4) is 0 Å². The molecule has 0 aromatic heterocycles. The normalized spacial score (nSPS) is 16.7. The van der Waals surface area contributed by atoms with Gasteiger partial charge in [-0.25, -0.2) is 0 Å². The number of methoxy groups -OCH3 is 1. The van der Waals surface area contributed by atoms with Gasteiger partial charge in [0.2, 0.25) is 5.91 Å². The fourth-order valence-electron chi connectivity index (χ4n) is 3.67. The van der Waals surface area contributed by atoms with Gasteiger partial charge in [-0.05, 0) is 42.0 Å². The summed E-state index contributed by atoms with van der Waals surface area (Å²) in [5, 5.41) is 0. The third-order valence-electron chi connectivity index (χ3n) is 5.29. The zero-order valence-electron chi connectivity index (χ0n) is 17.0. The number of nitrogens with zero attached hydrogens (tertiary/aromatic N) is 2. The predicted octanol–water partition coefficient (Wildman–Crippen LogP) is 3.59. The molecule has 0 N–H and O–H groups in total. The summed E-state index contributed by atoms with van der Waals surface area (Å²) in [5.41, 5.74) is 2.07. The minimum atomic E-state index is 0.0241. The van der Waals surface area contributed by atoms with E-state index in [0.717, 1.165) is 46.9 Å². The Balaban J connectivity index is 1.31. The van der Waals surface area contributed by atoms with Crippen LogP contribution in [0.15, 0.2) is 46.9 Å². The number of hydrogen-bond donors (Lipinski definition) is 0. The summed E-state index contributed by atoms with van der Waals surface area (Å²) in [6, 6.07) is 11.8. The number of halogens is 1. The van der Waals surface area contributed by atoms with Crippen LogP contribution in [0, 0.1) is 0 Å². The fraction of sp³-hybridized carbons (Fsp3) is 0.348. The van der Waals surface area contributed by atoms with E-state index in [-0.39, 0.29) is 5.91 Å². The van der Waals surface area contributed by atoms with Gasteiger partial charge in [0.05, 0.1) is 7.11 Å². The number of amides is 1. The van der Waals surface area contributed by atoms with Crippen molar-refractivity contribution in [2.45, 2.75) is 6.54 Å². The minimum Gasteiger partial charge on any atom is -0.496 e. The number of piperazine rings is 1. The summed E-state index contributed by atoms with van der Waals surface area (Å²) in [6.07, 6.45) is 3.44. The van der Waals surface area contributed by atoms with Crippen molar-refractivity contribution in [3.63, 3.8) is 0 Å². The second-order valence-electron chi connectivity index (χ2n) is 7.30. The van der Waals surface area contributed by atoms with E-state index in [1.54, 1.807) is 13.2 Å². The molecular formula is C23H25BrN2O4. The summed E-state index contributed by atoms with van der Waals surface area (Å²) < 4.78 is 17.6. The van der Waals surface area contributed by atoms with E-state index < -0.39 is 0 Å². The average molecular weight is 473 g/mol. The first-order valence-corrected chi connectivity index (χ1v) is 10.8. The highest BCUT2D eigenvalue weighted by Crippen LogP contribution is 2.31. The Labute approximate surface area is 185 Å². The Kier molecular flexibility index (Phi) is 6.59. The van der Waals surface area contributed by atoms with Gasteiger partial charge < -0.3 is 19.1 Å². The molecule has 2 aliphatic heterocycles. The molecular weight excluding hydrogens is 448 g/mol. The van der Waals surface area contributed by atoms with Crippen molar-refractivity contribution in [2.75, 3.05) is 46.5 Å². The first-order valence-electron chi connectivity index (χ1n) is 10.0. The van der Waals surface area contributed by atoms with Gasteiger partial charge in [-0.2, -0.15) is 0 Å². The summed E-state index contributed by atoms with van der Waals surface area (Å²) in [7, 11) is 1.63. The van der Waals surface area contributed by atoms with E-state index in [0.29, 0.717) is 26.3 Å². The Morgan fingerprint density at radius 2 is 1.83 bits per heavy atom. The molecule has 1 fully saturated rings. The van der Waals surface area contributed by atoms with Crippen LogP contribution in [-0.4, -0.2) is 62.2 Å². The maximum atomic E-state index is 12.6. The van der Waals surface area contributed by atoms with Gasteiger partial charge in [-0.3, -0.25) is 9.69 Å². The number of rotatable bonds is 5. The van der Waals surface area contributed by atoms with Gasteiger partial charge >= 0.3 is 0 Å². The molecule has 1 amide bonds. The van der Waals surface area contributed by atoms with E-state index in [2.05, 4.69) is 33.0 Å². The lowest BCUT2D eigenvalue weighted by Gasteiger charge is -2.34. The van der Waals surface area contributed by atoms with Gasteiger partial charge in [-0.1, -0.05) is 22.0 Å². The van der Waals surface area contributed by atoms with E-state index in [4.69, 9.17) is 14.2 Å². The van der Waals surface area contributed by atoms with Crippen LogP contribution in [0.25, 0.3) is 6.08 Å². The van der Waals surface area contributed by atoms with E-state index in [9.17, 15) is 4.79 Å². The van der Waals surface area contributed by atoms with E-state index in [1.807, 2.05) is 35.2 Å². The minimum absolute atomic E-state index is 0.0241. The highest BCUT2D eigenvalue weighted by Gasteiger charge is 2.20. The van der Waals surface area contributed by atoms with Crippen molar-refractivity contribution in [3.05, 3.63) is 58.1 Å². The molecule has 7 heteroatoms. The average Bonchev–Trinajstić information content (AvgIpc) is 2.78. The SMILES string of the molecule is COc1ccc(Br)cc1/C=C/C(=O)N1CCN(Cc2ccc3c(c2)OCCO3)CC1. The van der Waals surface area contributed by atoms with Crippen LogP contribution in [0.4, 0.5) is 0 Å². The van der Waals surface area contributed by atoms with Crippen LogP contribution in [-0.2, 0) is 11.3 Å². The third kappa shape index (κ3) is 4.96. The van der Waals surface area contributed by atoms with Crippen molar-refractivity contribution in [3.8, 4) is 17.2 Å². The molecule has 2 aromatic rings. The zero-order chi connectivity index (χ0) is 20.9. The lowest BCUT2D eigenvalue weighted by molar-refractivity contribution is -0.127. The number of benzene rings is 2. The standard InChI is InChI=1S/C23H25BrN2O4/c1-28-20-6-4-19(24)15-18(20)3-7-23(27)26-10-8-25(9-11-26)16-17-2-5-21-22(14-17)30-13-12-29-21/h2-7,14-15H,8-13,16H2,1H3/b7-3+. The topological polar surface area (TPSA) is 51.2 Å². The maximum absolute atomic E-state index is 12.6. The number of carbonyl (C=O) groups is 1. The fourth-order valence-corrected chi connectivity index (χ4v) is 4.05. The third-order valence-corrected chi connectivity index (χ3v) is 5.79. The van der Waals surface area contributed by atoms with Gasteiger partial charge in [0.1, 0.15) is 19.0 Å². The molecule has 0 radical (unpaired) electrons. The molecule has 0 atom stereocenters. The van der Waals surface area contributed by atoms with Crippen LogP contribution in [0.2, 0.25) is 0 Å². The van der Waals surface area contributed by atoms with Crippen molar-refractivity contribution in [1.82, 2.24) is 9.80 Å². The Hall–Kier alpha value is -2.51. The molecule has 6 nitrogen and oxygen atoms in total. The molecule has 2 aromatic carbocycles. The molecule has 30 heavy (non-hydrogen) atoms. The van der Waals surface area contributed by atoms with Crippen molar-refractivity contribution < 1.29 is 19.0 Å². The summed E-state index contributed by atoms with van der Waals surface area (Å²) in [6.45, 7) is 5.14. The first-order chi connectivity index (χ1) is 14.6. The van der Waals surface area contributed by atoms with Gasteiger partial charge in [0, 0.05) is 48.8 Å². The molecule has 0 spiro atoms. The molecule has 0 saturated carbocycles. The van der Waals surface area contributed by atoms with Crippen LogP contribution in [0.1, 0.15) is 11.1 Å². The number of fused-ring (bicyclic) bond motifs is 1. The monoisotopic (exact) mass is 472 g/mol. The molecule has 0 bridgehead atoms. The number of hydrogen-bond acceptors (Lipinski definition) is 5. The van der Waals surface area contributed by atoms with Gasteiger partial charge in [0.15, 0.2) is 11.5 Å². The van der Waals surface area contributed by atoms with E-state index >= 15 is 0 Å².